The molecule has 0 aliphatic carbocycles. The minimum atomic E-state index is -0.587. The molecule has 108 valence electrons. The summed E-state index contributed by atoms with van der Waals surface area (Å²) in [5, 5.41) is 15.3. The summed E-state index contributed by atoms with van der Waals surface area (Å²) in [4.78, 5) is 11.6. The third-order valence-corrected chi connectivity index (χ3v) is 2.95. The first-order valence-electron chi connectivity index (χ1n) is 8.18. The maximum atomic E-state index is 11.6. The van der Waals surface area contributed by atoms with Crippen LogP contribution in [-0.2, 0) is 4.79 Å². The van der Waals surface area contributed by atoms with Gasteiger partial charge >= 0.3 is 0 Å². The normalized spacial score (nSPS) is 14.6. The number of halogens is 2. The van der Waals surface area contributed by atoms with Crippen molar-refractivity contribution in [3.63, 3.8) is 0 Å². The van der Waals surface area contributed by atoms with Crippen LogP contribution >= 0.6 is 23.2 Å². The minimum absolute atomic E-state index is 0.0667. The molecule has 0 radical (unpaired) electrons. The van der Waals surface area contributed by atoms with Gasteiger partial charge in [0.25, 0.3) is 0 Å². The van der Waals surface area contributed by atoms with Crippen molar-refractivity contribution in [3.05, 3.63) is 64.6 Å². The quantitative estimate of drug-likeness (QED) is 0.389. The molecule has 21 heavy (non-hydrogen) atoms. The molecule has 2 rings (SSSR count). The van der Waals surface area contributed by atoms with Crippen LogP contribution in [0.5, 0.6) is 0 Å². The Labute approximate surface area is 139 Å². The van der Waals surface area contributed by atoms with E-state index < -0.39 is 36.1 Å². The van der Waals surface area contributed by atoms with Gasteiger partial charge in [-0.05, 0) is 18.2 Å². The summed E-state index contributed by atoms with van der Waals surface area (Å²) in [6, 6.07) is 1.35. The molecule has 0 aliphatic rings. The Morgan fingerprint density at radius 1 is 1.33 bits per heavy atom. The van der Waals surface area contributed by atoms with Gasteiger partial charge in [-0.2, -0.15) is 0 Å². The van der Waals surface area contributed by atoms with Crippen molar-refractivity contribution in [2.24, 2.45) is 5.16 Å². The highest BCUT2D eigenvalue weighted by molar-refractivity contribution is 6.32. The monoisotopic (exact) mass is 327 g/mol. The van der Waals surface area contributed by atoms with Gasteiger partial charge in [-0.1, -0.05) is 47.0 Å². The summed E-state index contributed by atoms with van der Waals surface area (Å²) < 4.78 is 39.2. The van der Waals surface area contributed by atoms with Gasteiger partial charge in [0.15, 0.2) is 0 Å². The predicted molar refractivity (Wildman–Crippen MR) is 84.7 cm³/mol. The number of hydrogen-bond acceptors (Lipinski definition) is 3. The number of carbonyl (C=O) groups excluding carboxylic acids is 1. The van der Waals surface area contributed by atoms with Crippen molar-refractivity contribution >= 4 is 40.5 Å². The number of hydrogen-bond donors (Lipinski definition) is 2. The molecule has 2 N–H and O–H groups in total. The summed E-state index contributed by atoms with van der Waals surface area (Å²) in [6.07, 6.45) is 0. The number of amides is 1. The molecule has 2 aromatic rings. The van der Waals surface area contributed by atoms with Gasteiger partial charge in [-0.15, -0.1) is 11.6 Å². The lowest BCUT2D eigenvalue weighted by molar-refractivity contribution is -0.113. The van der Waals surface area contributed by atoms with Gasteiger partial charge in [0.1, 0.15) is 11.6 Å². The fourth-order valence-electron chi connectivity index (χ4n) is 1.61. The van der Waals surface area contributed by atoms with E-state index in [2.05, 4.69) is 10.5 Å². The number of carbonyl (C=O) groups is 1. The zero-order valence-electron chi connectivity index (χ0n) is 15.5. The lowest BCUT2D eigenvalue weighted by Gasteiger charge is -2.12. The molecule has 0 spiro atoms. The van der Waals surface area contributed by atoms with E-state index in [1.807, 2.05) is 0 Å². The predicted octanol–water partition coefficient (Wildman–Crippen LogP) is 3.74. The lowest BCUT2D eigenvalue weighted by atomic mass is 10.0. The Balaban J connectivity index is 2.76. The zero-order chi connectivity index (χ0) is 19.6. The minimum Gasteiger partial charge on any atom is -0.410 e. The lowest BCUT2D eigenvalue weighted by Crippen LogP contribution is -2.16. The summed E-state index contributed by atoms with van der Waals surface area (Å²) in [5.41, 5.74) is -0.451. The molecule has 0 atom stereocenters. The van der Waals surface area contributed by atoms with Crippen LogP contribution in [0.2, 0.25) is 5.02 Å². The molecular formula is C15H12Cl2N2O2. The number of alkyl halides is 1. The van der Waals surface area contributed by atoms with Gasteiger partial charge in [0.05, 0.1) is 12.5 Å². The van der Waals surface area contributed by atoms with Crippen LogP contribution in [0.4, 0.5) is 5.69 Å². The van der Waals surface area contributed by atoms with Crippen molar-refractivity contribution in [3.8, 4) is 0 Å². The van der Waals surface area contributed by atoms with Crippen LogP contribution in [0.3, 0.4) is 0 Å². The second-order valence-corrected chi connectivity index (χ2v) is 4.52. The van der Waals surface area contributed by atoms with Gasteiger partial charge in [0, 0.05) is 16.1 Å². The molecule has 0 saturated carbocycles. The Kier molecular flexibility index (Phi) is 3.32. The van der Waals surface area contributed by atoms with Gasteiger partial charge < -0.3 is 10.5 Å². The van der Waals surface area contributed by atoms with E-state index >= 15 is 0 Å². The summed E-state index contributed by atoms with van der Waals surface area (Å²) in [7, 11) is 0. The van der Waals surface area contributed by atoms with Gasteiger partial charge in [-0.25, -0.2) is 0 Å². The molecule has 0 aliphatic heterocycles. The third-order valence-electron chi connectivity index (χ3n) is 2.47. The molecule has 0 fully saturated rings. The van der Waals surface area contributed by atoms with E-state index in [1.54, 1.807) is 0 Å². The number of nitrogens with zero attached hydrogens (tertiary/aromatic N) is 1. The molecule has 0 saturated heterocycles. The van der Waals surface area contributed by atoms with E-state index in [0.29, 0.717) is 0 Å². The first-order chi connectivity index (χ1) is 12.2. The average Bonchev–Trinajstić information content (AvgIpc) is 2.63. The van der Waals surface area contributed by atoms with Gasteiger partial charge in [0.2, 0.25) is 5.91 Å². The molecule has 1 amide bonds. The third kappa shape index (κ3) is 3.74. The first-order valence-corrected chi connectivity index (χ1v) is 6.59. The highest BCUT2D eigenvalue weighted by atomic mass is 35.5. The number of anilines is 1. The highest BCUT2D eigenvalue weighted by Crippen LogP contribution is 2.24. The molecule has 0 heterocycles. The maximum Gasteiger partial charge on any atom is 0.239 e. The van der Waals surface area contributed by atoms with Crippen molar-refractivity contribution in [2.75, 3.05) is 11.2 Å². The Morgan fingerprint density at radius 2 is 2.05 bits per heavy atom. The molecule has 2 aromatic carbocycles. The second-order valence-electron chi connectivity index (χ2n) is 3.82. The van der Waals surface area contributed by atoms with Crippen LogP contribution in [0.1, 0.15) is 18.0 Å². The number of rotatable bonds is 4. The van der Waals surface area contributed by atoms with Crippen LogP contribution < -0.4 is 5.32 Å². The van der Waals surface area contributed by atoms with Crippen molar-refractivity contribution < 1.29 is 16.9 Å². The summed E-state index contributed by atoms with van der Waals surface area (Å²) >= 11 is 11.4. The van der Waals surface area contributed by atoms with Crippen LogP contribution in [0, 0.1) is 0 Å². The maximum absolute atomic E-state index is 11.6. The number of oxime groups is 1. The van der Waals surface area contributed by atoms with E-state index in [1.165, 1.54) is 18.2 Å². The van der Waals surface area contributed by atoms with Crippen molar-refractivity contribution in [2.45, 2.75) is 0 Å². The molecule has 6 heteroatoms. The molecular weight excluding hydrogens is 311 g/mol. The average molecular weight is 328 g/mol. The summed E-state index contributed by atoms with van der Waals surface area (Å²) in [6.45, 7) is 0. The Bertz CT molecular complexity index is 892. The fraction of sp³-hybridized carbons (Fsp3) is 0.0667. The summed E-state index contributed by atoms with van der Waals surface area (Å²) in [5.74, 6) is -0.879. The Hall–Kier alpha value is -2.04. The molecule has 0 bridgehead atoms. The van der Waals surface area contributed by atoms with Gasteiger partial charge in [-0.3, -0.25) is 4.79 Å². The number of benzene rings is 2. The van der Waals surface area contributed by atoms with Crippen LogP contribution in [-0.4, -0.2) is 22.7 Å². The van der Waals surface area contributed by atoms with Crippen molar-refractivity contribution in [1.82, 2.24) is 0 Å². The number of nitrogens with one attached hydrogen (secondary N) is 1. The SMILES string of the molecule is [2H]c1c([2H])c([2H])c(/C(=N\O)c2cc(Cl)ccc2NC(=O)CCl)c([2H])c1[2H]. The molecule has 0 unspecified atom stereocenters. The zero-order valence-corrected chi connectivity index (χ0v) is 12.0. The smallest absolute Gasteiger partial charge is 0.239 e. The Morgan fingerprint density at radius 3 is 2.67 bits per heavy atom. The first kappa shape index (κ1) is 9.82. The fourth-order valence-corrected chi connectivity index (χ4v) is 1.85. The second kappa shape index (κ2) is 7.11. The molecule has 0 aromatic heterocycles. The van der Waals surface area contributed by atoms with E-state index in [-0.39, 0.29) is 33.4 Å². The van der Waals surface area contributed by atoms with E-state index in [4.69, 9.17) is 30.1 Å². The van der Waals surface area contributed by atoms with Crippen LogP contribution in [0.15, 0.2) is 53.6 Å². The highest BCUT2D eigenvalue weighted by Gasteiger charge is 2.14. The topological polar surface area (TPSA) is 61.7 Å². The van der Waals surface area contributed by atoms with E-state index in [9.17, 15) is 10.0 Å². The largest absolute Gasteiger partial charge is 0.410 e. The van der Waals surface area contributed by atoms with Crippen LogP contribution in [0.25, 0.3) is 0 Å². The van der Waals surface area contributed by atoms with E-state index in [0.717, 1.165) is 0 Å². The van der Waals surface area contributed by atoms with Crippen molar-refractivity contribution in [1.29, 1.82) is 0 Å². The molecule has 4 nitrogen and oxygen atoms in total. The standard InChI is InChI=1S/C15H12Cl2N2O2/c16-9-14(20)18-13-7-6-11(17)8-12(13)15(19-21)10-4-2-1-3-5-10/h1-8,21H,9H2,(H,18,20)/b19-15+/i1D,2D,3D,4D,5D.